The second-order valence-corrected chi connectivity index (χ2v) is 4.83. The van der Waals surface area contributed by atoms with Gasteiger partial charge in [0.15, 0.2) is 0 Å². The summed E-state index contributed by atoms with van der Waals surface area (Å²) in [4.78, 5) is 36.5. The maximum absolute atomic E-state index is 13.5. The highest BCUT2D eigenvalue weighted by atomic mass is 19.1. The Labute approximate surface area is 135 Å². The number of hydrogen-bond donors (Lipinski definition) is 2. The molecular formula is C16H13F2N3O3. The molecule has 24 heavy (non-hydrogen) atoms. The zero-order chi connectivity index (χ0) is 17.9. The van der Waals surface area contributed by atoms with Crippen LogP contribution >= 0.6 is 0 Å². The van der Waals surface area contributed by atoms with Gasteiger partial charge in [0.25, 0.3) is 0 Å². The predicted octanol–water partition coefficient (Wildman–Crippen LogP) is 2.07. The van der Waals surface area contributed by atoms with Gasteiger partial charge in [-0.1, -0.05) is 0 Å². The van der Waals surface area contributed by atoms with Crippen LogP contribution in [0.3, 0.4) is 0 Å². The molecule has 2 rings (SSSR count). The van der Waals surface area contributed by atoms with Crippen molar-refractivity contribution in [2.24, 2.45) is 0 Å². The molecule has 0 saturated heterocycles. The summed E-state index contributed by atoms with van der Waals surface area (Å²) in [5.74, 6) is -5.04. The summed E-state index contributed by atoms with van der Waals surface area (Å²) in [5, 5.41) is 2.00. The second kappa shape index (κ2) is 6.86. The van der Waals surface area contributed by atoms with E-state index in [1.54, 1.807) is 0 Å². The molecule has 8 heteroatoms. The highest BCUT2D eigenvalue weighted by Crippen LogP contribution is 2.19. The fraction of sp³-hybridized carbons (Fsp3) is 0.0625. The number of carbonyl (C=O) groups excluding carboxylic acids is 3. The molecule has 0 fully saturated rings. The maximum atomic E-state index is 13.5. The Kier molecular flexibility index (Phi) is 4.88. The van der Waals surface area contributed by atoms with Crippen molar-refractivity contribution in [3.8, 4) is 0 Å². The number of nitrogens with zero attached hydrogens (tertiary/aromatic N) is 1. The number of nitrogens with two attached hydrogens (primary N) is 1. The fourth-order valence-corrected chi connectivity index (χ4v) is 1.93. The quantitative estimate of drug-likeness (QED) is 0.650. The van der Waals surface area contributed by atoms with Crippen molar-refractivity contribution >= 4 is 34.8 Å². The van der Waals surface area contributed by atoms with E-state index in [0.717, 1.165) is 19.1 Å². The predicted molar refractivity (Wildman–Crippen MR) is 84.0 cm³/mol. The standard InChI is InChI=1S/C16H13F2N3O3/c1-9(22)21(12-5-3-11(19)4-6-12)16(24)15(23)20-14-7-2-10(17)8-13(14)18/h2-8H,19H2,1H3,(H,20,23). The Morgan fingerprint density at radius 2 is 1.67 bits per heavy atom. The zero-order valence-corrected chi connectivity index (χ0v) is 12.5. The second-order valence-electron chi connectivity index (χ2n) is 4.83. The Hall–Kier alpha value is -3.29. The first-order valence-corrected chi connectivity index (χ1v) is 6.76. The lowest BCUT2D eigenvalue weighted by molar-refractivity contribution is -0.136. The van der Waals surface area contributed by atoms with Gasteiger partial charge in [0, 0.05) is 18.7 Å². The zero-order valence-electron chi connectivity index (χ0n) is 12.5. The first-order chi connectivity index (χ1) is 11.3. The van der Waals surface area contributed by atoms with Gasteiger partial charge >= 0.3 is 11.8 Å². The third-order valence-corrected chi connectivity index (χ3v) is 3.04. The van der Waals surface area contributed by atoms with Crippen LogP contribution in [0.25, 0.3) is 0 Å². The summed E-state index contributed by atoms with van der Waals surface area (Å²) in [5.41, 5.74) is 5.70. The number of nitrogen functional groups attached to an aromatic ring is 1. The van der Waals surface area contributed by atoms with Gasteiger partial charge in [-0.05, 0) is 36.4 Å². The molecule has 0 atom stereocenters. The topological polar surface area (TPSA) is 92.5 Å². The normalized spacial score (nSPS) is 10.1. The number of hydrogen-bond acceptors (Lipinski definition) is 4. The van der Waals surface area contributed by atoms with E-state index in [1.165, 1.54) is 24.3 Å². The van der Waals surface area contributed by atoms with Crippen molar-refractivity contribution in [2.45, 2.75) is 6.92 Å². The monoisotopic (exact) mass is 333 g/mol. The number of anilines is 3. The highest BCUT2D eigenvalue weighted by molar-refractivity contribution is 6.48. The van der Waals surface area contributed by atoms with E-state index in [2.05, 4.69) is 0 Å². The molecule has 3 amide bonds. The SMILES string of the molecule is CC(=O)N(C(=O)C(=O)Nc1ccc(F)cc1F)c1ccc(N)cc1. The van der Waals surface area contributed by atoms with Gasteiger partial charge in [-0.3, -0.25) is 14.4 Å². The Balaban J connectivity index is 2.24. The van der Waals surface area contributed by atoms with Crippen molar-refractivity contribution in [1.29, 1.82) is 0 Å². The van der Waals surface area contributed by atoms with Gasteiger partial charge in [0.05, 0.1) is 11.4 Å². The van der Waals surface area contributed by atoms with E-state index >= 15 is 0 Å². The van der Waals surface area contributed by atoms with Crippen molar-refractivity contribution in [3.63, 3.8) is 0 Å². The lowest BCUT2D eigenvalue weighted by Crippen LogP contribution is -2.42. The number of rotatable bonds is 2. The number of amides is 3. The van der Waals surface area contributed by atoms with Crippen molar-refractivity contribution in [2.75, 3.05) is 16.0 Å². The van der Waals surface area contributed by atoms with E-state index in [4.69, 9.17) is 5.73 Å². The Morgan fingerprint density at radius 3 is 2.21 bits per heavy atom. The molecule has 0 bridgehead atoms. The molecule has 0 spiro atoms. The lowest BCUT2D eigenvalue weighted by Gasteiger charge is -2.18. The molecule has 2 aromatic rings. The molecular weight excluding hydrogens is 320 g/mol. The van der Waals surface area contributed by atoms with Crippen molar-refractivity contribution in [1.82, 2.24) is 0 Å². The van der Waals surface area contributed by atoms with E-state index in [-0.39, 0.29) is 11.4 Å². The van der Waals surface area contributed by atoms with E-state index < -0.39 is 29.4 Å². The van der Waals surface area contributed by atoms with Crippen LogP contribution < -0.4 is 16.0 Å². The van der Waals surface area contributed by atoms with Crippen LogP contribution in [-0.2, 0) is 14.4 Å². The molecule has 0 aliphatic carbocycles. The van der Waals surface area contributed by atoms with E-state index in [9.17, 15) is 23.2 Å². The van der Waals surface area contributed by atoms with Crippen LogP contribution in [0, 0.1) is 11.6 Å². The summed E-state index contributed by atoms with van der Waals surface area (Å²) in [6, 6.07) is 8.14. The van der Waals surface area contributed by atoms with Crippen LogP contribution in [0.1, 0.15) is 6.92 Å². The largest absolute Gasteiger partial charge is 0.399 e. The van der Waals surface area contributed by atoms with Gasteiger partial charge in [-0.2, -0.15) is 0 Å². The minimum absolute atomic E-state index is 0.136. The molecule has 0 heterocycles. The summed E-state index contributed by atoms with van der Waals surface area (Å²) < 4.78 is 26.4. The van der Waals surface area contributed by atoms with Gasteiger partial charge in [0.2, 0.25) is 5.91 Å². The third-order valence-electron chi connectivity index (χ3n) is 3.04. The van der Waals surface area contributed by atoms with Gasteiger partial charge < -0.3 is 11.1 Å². The van der Waals surface area contributed by atoms with Gasteiger partial charge in [-0.15, -0.1) is 0 Å². The smallest absolute Gasteiger partial charge is 0.323 e. The average Bonchev–Trinajstić information content (AvgIpc) is 2.51. The Bertz CT molecular complexity index is 807. The molecule has 0 aromatic heterocycles. The molecule has 3 N–H and O–H groups in total. The highest BCUT2D eigenvalue weighted by Gasteiger charge is 2.27. The van der Waals surface area contributed by atoms with E-state index in [1.807, 2.05) is 5.32 Å². The number of imide groups is 1. The van der Waals surface area contributed by atoms with Crippen molar-refractivity contribution in [3.05, 3.63) is 54.1 Å². The van der Waals surface area contributed by atoms with E-state index in [0.29, 0.717) is 16.7 Å². The van der Waals surface area contributed by atoms with Crippen molar-refractivity contribution < 1.29 is 23.2 Å². The molecule has 2 aromatic carbocycles. The van der Waals surface area contributed by atoms with Gasteiger partial charge in [-0.25, -0.2) is 13.7 Å². The summed E-state index contributed by atoms with van der Waals surface area (Å²) in [7, 11) is 0. The molecule has 0 unspecified atom stereocenters. The maximum Gasteiger partial charge on any atom is 0.323 e. The molecule has 6 nitrogen and oxygen atoms in total. The first kappa shape index (κ1) is 17.1. The van der Waals surface area contributed by atoms with Gasteiger partial charge in [0.1, 0.15) is 11.6 Å². The first-order valence-electron chi connectivity index (χ1n) is 6.76. The number of carbonyl (C=O) groups is 3. The molecule has 0 aliphatic rings. The lowest BCUT2D eigenvalue weighted by atomic mass is 10.2. The summed E-state index contributed by atoms with van der Waals surface area (Å²) in [6.07, 6.45) is 0. The number of nitrogens with one attached hydrogen (secondary N) is 1. The van der Waals surface area contributed by atoms with Crippen LogP contribution in [-0.4, -0.2) is 17.7 Å². The fourth-order valence-electron chi connectivity index (χ4n) is 1.93. The number of benzene rings is 2. The van der Waals surface area contributed by atoms with Crippen LogP contribution in [0.15, 0.2) is 42.5 Å². The third kappa shape index (κ3) is 3.72. The van der Waals surface area contributed by atoms with Crippen LogP contribution in [0.4, 0.5) is 25.8 Å². The molecule has 124 valence electrons. The minimum atomic E-state index is -1.24. The number of halogens is 2. The summed E-state index contributed by atoms with van der Waals surface area (Å²) >= 11 is 0. The minimum Gasteiger partial charge on any atom is -0.399 e. The average molecular weight is 333 g/mol. The molecule has 0 radical (unpaired) electrons. The Morgan fingerprint density at radius 1 is 1.04 bits per heavy atom. The molecule has 0 aliphatic heterocycles. The van der Waals surface area contributed by atoms with Crippen LogP contribution in [0.5, 0.6) is 0 Å². The summed E-state index contributed by atoms with van der Waals surface area (Å²) in [6.45, 7) is 1.10. The van der Waals surface area contributed by atoms with Crippen LogP contribution in [0.2, 0.25) is 0 Å². The molecule has 0 saturated carbocycles.